The smallest absolute Gasteiger partial charge is 0.227 e. The molecule has 3 aromatic rings. The quantitative estimate of drug-likeness (QED) is 0.733. The highest BCUT2D eigenvalue weighted by Crippen LogP contribution is 2.21. The van der Waals surface area contributed by atoms with Crippen LogP contribution in [0.15, 0.2) is 54.7 Å². The third kappa shape index (κ3) is 4.22. The highest BCUT2D eigenvalue weighted by atomic mass is 15.3. The minimum Gasteiger partial charge on any atom is -0.353 e. The van der Waals surface area contributed by atoms with Gasteiger partial charge in [0.1, 0.15) is 11.6 Å². The van der Waals surface area contributed by atoms with Crippen molar-refractivity contribution in [2.75, 3.05) is 41.3 Å². The Hall–Kier alpha value is -3.15. The molecule has 0 amide bonds. The number of benzene rings is 1. The lowest BCUT2D eigenvalue weighted by molar-refractivity contribution is 0.634. The van der Waals surface area contributed by atoms with E-state index in [9.17, 15) is 0 Å². The van der Waals surface area contributed by atoms with Gasteiger partial charge in [0, 0.05) is 49.8 Å². The number of hydrogen-bond acceptors (Lipinski definition) is 6. The van der Waals surface area contributed by atoms with Crippen molar-refractivity contribution in [1.29, 1.82) is 0 Å². The van der Waals surface area contributed by atoms with Crippen LogP contribution in [0.5, 0.6) is 0 Å². The fraction of sp³-hybridized carbons (Fsp3) is 0.318. The van der Waals surface area contributed by atoms with Gasteiger partial charge in [0.05, 0.1) is 0 Å². The first-order chi connectivity index (χ1) is 13.7. The average molecular weight is 374 g/mol. The molecular formula is C22H26N6. The lowest BCUT2D eigenvalue weighted by atomic mass is 10.1. The fourth-order valence-electron chi connectivity index (χ4n) is 3.41. The van der Waals surface area contributed by atoms with Gasteiger partial charge in [-0.25, -0.2) is 9.97 Å². The minimum absolute atomic E-state index is 0.786. The summed E-state index contributed by atoms with van der Waals surface area (Å²) in [7, 11) is 0. The first-order valence-corrected chi connectivity index (χ1v) is 9.84. The van der Waals surface area contributed by atoms with E-state index in [0.717, 1.165) is 61.6 Å². The van der Waals surface area contributed by atoms with E-state index < -0.39 is 0 Å². The Kier molecular flexibility index (Phi) is 5.37. The number of nitrogens with zero attached hydrogens (tertiary/aromatic N) is 5. The minimum atomic E-state index is 0.786. The molecule has 0 unspecified atom stereocenters. The Bertz CT molecular complexity index is 902. The zero-order valence-corrected chi connectivity index (χ0v) is 16.5. The Morgan fingerprint density at radius 2 is 1.68 bits per heavy atom. The third-order valence-corrected chi connectivity index (χ3v) is 5.01. The predicted molar refractivity (Wildman–Crippen MR) is 115 cm³/mol. The number of rotatable bonds is 5. The monoisotopic (exact) mass is 374 g/mol. The van der Waals surface area contributed by atoms with E-state index in [2.05, 4.69) is 62.3 Å². The van der Waals surface area contributed by atoms with E-state index in [4.69, 9.17) is 4.98 Å². The summed E-state index contributed by atoms with van der Waals surface area (Å²) in [5.41, 5.74) is 3.34. The third-order valence-electron chi connectivity index (χ3n) is 5.01. The summed E-state index contributed by atoms with van der Waals surface area (Å²) in [6.07, 6.45) is 2.89. The molecule has 0 aliphatic carbocycles. The van der Waals surface area contributed by atoms with E-state index in [-0.39, 0.29) is 0 Å². The van der Waals surface area contributed by atoms with Gasteiger partial charge in [-0.1, -0.05) is 25.1 Å². The molecule has 6 heteroatoms. The van der Waals surface area contributed by atoms with Crippen molar-refractivity contribution in [2.24, 2.45) is 0 Å². The van der Waals surface area contributed by atoms with E-state index in [1.54, 1.807) is 0 Å². The van der Waals surface area contributed by atoms with Crippen molar-refractivity contribution in [3.8, 4) is 0 Å². The van der Waals surface area contributed by atoms with Crippen molar-refractivity contribution in [2.45, 2.75) is 20.3 Å². The summed E-state index contributed by atoms with van der Waals surface area (Å²) in [4.78, 5) is 18.4. The molecule has 6 nitrogen and oxygen atoms in total. The van der Waals surface area contributed by atoms with Gasteiger partial charge in [0.2, 0.25) is 5.95 Å². The topological polar surface area (TPSA) is 57.2 Å². The zero-order valence-electron chi connectivity index (χ0n) is 16.5. The highest BCUT2D eigenvalue weighted by molar-refractivity contribution is 5.58. The Labute approximate surface area is 166 Å². The normalized spacial score (nSPS) is 14.2. The molecular weight excluding hydrogens is 348 g/mol. The molecule has 4 rings (SSSR count). The maximum absolute atomic E-state index is 4.76. The number of aromatic nitrogens is 3. The lowest BCUT2D eigenvalue weighted by Gasteiger charge is -2.35. The van der Waals surface area contributed by atoms with Crippen LogP contribution in [0.4, 0.5) is 23.3 Å². The van der Waals surface area contributed by atoms with Crippen LogP contribution in [0.2, 0.25) is 0 Å². The second kappa shape index (κ2) is 8.25. The number of piperazine rings is 1. The van der Waals surface area contributed by atoms with Crippen molar-refractivity contribution < 1.29 is 0 Å². The molecule has 28 heavy (non-hydrogen) atoms. The molecule has 1 saturated heterocycles. The molecule has 1 fully saturated rings. The van der Waals surface area contributed by atoms with Crippen molar-refractivity contribution in [3.63, 3.8) is 0 Å². The second-order valence-electron chi connectivity index (χ2n) is 7.03. The average Bonchev–Trinajstić information content (AvgIpc) is 2.75. The van der Waals surface area contributed by atoms with E-state index >= 15 is 0 Å². The summed E-state index contributed by atoms with van der Waals surface area (Å²) in [6, 6.07) is 16.5. The van der Waals surface area contributed by atoms with Crippen LogP contribution >= 0.6 is 0 Å². The summed E-state index contributed by atoms with van der Waals surface area (Å²) in [5, 5.41) is 3.41. The van der Waals surface area contributed by atoms with Gasteiger partial charge in [0.15, 0.2) is 0 Å². The van der Waals surface area contributed by atoms with Crippen LogP contribution in [0.25, 0.3) is 0 Å². The largest absolute Gasteiger partial charge is 0.353 e. The van der Waals surface area contributed by atoms with Gasteiger partial charge >= 0.3 is 0 Å². The SMILES string of the molecule is CCc1ccc(Nc2cc(C)nc(N3CCN(c4ccccn4)CC3)n2)cc1. The van der Waals surface area contributed by atoms with Gasteiger partial charge in [0.25, 0.3) is 0 Å². The van der Waals surface area contributed by atoms with Crippen LogP contribution < -0.4 is 15.1 Å². The van der Waals surface area contributed by atoms with Gasteiger partial charge in [-0.05, 0) is 43.2 Å². The van der Waals surface area contributed by atoms with Gasteiger partial charge in [-0.15, -0.1) is 0 Å². The van der Waals surface area contributed by atoms with Crippen LogP contribution in [0, 0.1) is 6.92 Å². The van der Waals surface area contributed by atoms with E-state index in [1.807, 2.05) is 31.3 Å². The van der Waals surface area contributed by atoms with Crippen molar-refractivity contribution in [1.82, 2.24) is 15.0 Å². The van der Waals surface area contributed by atoms with Crippen molar-refractivity contribution >= 4 is 23.3 Å². The molecule has 144 valence electrons. The molecule has 0 bridgehead atoms. The molecule has 0 spiro atoms. The number of pyridine rings is 1. The number of anilines is 4. The summed E-state index contributed by atoms with van der Waals surface area (Å²) in [5.74, 6) is 2.65. The summed E-state index contributed by atoms with van der Waals surface area (Å²) < 4.78 is 0. The van der Waals surface area contributed by atoms with Crippen LogP contribution in [-0.4, -0.2) is 41.1 Å². The summed E-state index contributed by atoms with van der Waals surface area (Å²) >= 11 is 0. The molecule has 0 atom stereocenters. The first-order valence-electron chi connectivity index (χ1n) is 9.84. The van der Waals surface area contributed by atoms with Crippen molar-refractivity contribution in [3.05, 3.63) is 66.0 Å². The van der Waals surface area contributed by atoms with Gasteiger partial charge in [-0.2, -0.15) is 4.98 Å². The molecule has 1 aliphatic heterocycles. The molecule has 3 heterocycles. The number of aryl methyl sites for hydroxylation is 2. The molecule has 0 radical (unpaired) electrons. The number of hydrogen-bond donors (Lipinski definition) is 1. The predicted octanol–water partition coefficient (Wildman–Crippen LogP) is 3.81. The lowest BCUT2D eigenvalue weighted by Crippen LogP contribution is -2.47. The molecule has 1 aromatic carbocycles. The van der Waals surface area contributed by atoms with Crippen LogP contribution in [0.1, 0.15) is 18.2 Å². The maximum Gasteiger partial charge on any atom is 0.227 e. The van der Waals surface area contributed by atoms with Gasteiger partial charge < -0.3 is 15.1 Å². The molecule has 1 N–H and O–H groups in total. The van der Waals surface area contributed by atoms with Crippen LogP contribution in [-0.2, 0) is 6.42 Å². The highest BCUT2D eigenvalue weighted by Gasteiger charge is 2.20. The summed E-state index contributed by atoms with van der Waals surface area (Å²) in [6.45, 7) is 7.76. The Morgan fingerprint density at radius 3 is 2.36 bits per heavy atom. The standard InChI is InChI=1S/C22H26N6/c1-3-18-7-9-19(10-8-18)25-20-16-17(2)24-22(26-20)28-14-12-27(13-15-28)21-6-4-5-11-23-21/h4-11,16H,3,12-15H2,1-2H3,(H,24,25,26). The molecule has 2 aromatic heterocycles. The molecule has 0 saturated carbocycles. The fourth-order valence-corrected chi connectivity index (χ4v) is 3.41. The zero-order chi connectivity index (χ0) is 19.3. The number of nitrogens with one attached hydrogen (secondary N) is 1. The Morgan fingerprint density at radius 1 is 0.929 bits per heavy atom. The Balaban J connectivity index is 1.45. The van der Waals surface area contributed by atoms with Gasteiger partial charge in [-0.3, -0.25) is 0 Å². The maximum atomic E-state index is 4.76. The second-order valence-corrected chi connectivity index (χ2v) is 7.03. The van der Waals surface area contributed by atoms with E-state index in [0.29, 0.717) is 0 Å². The van der Waals surface area contributed by atoms with Crippen LogP contribution in [0.3, 0.4) is 0 Å². The molecule has 1 aliphatic rings. The van der Waals surface area contributed by atoms with E-state index in [1.165, 1.54) is 5.56 Å². The first kappa shape index (κ1) is 18.2.